The molecule has 0 saturated carbocycles. The van der Waals surface area contributed by atoms with Crippen LogP contribution in [0.5, 0.6) is 0 Å². The zero-order valence-corrected chi connectivity index (χ0v) is 14.8. The van der Waals surface area contributed by atoms with Crippen molar-refractivity contribution in [3.05, 3.63) is 34.4 Å². The molecule has 21 heavy (non-hydrogen) atoms. The van der Waals surface area contributed by atoms with Gasteiger partial charge in [0.2, 0.25) is 0 Å². The number of halogens is 1. The Morgan fingerprint density at radius 1 is 1.33 bits per heavy atom. The van der Waals surface area contributed by atoms with Crippen molar-refractivity contribution >= 4 is 26.8 Å². The fourth-order valence-electron chi connectivity index (χ4n) is 2.72. The van der Waals surface area contributed by atoms with Crippen LogP contribution in [0.1, 0.15) is 32.8 Å². The van der Waals surface area contributed by atoms with Gasteiger partial charge in [-0.25, -0.2) is 0 Å². The summed E-state index contributed by atoms with van der Waals surface area (Å²) in [4.78, 5) is 5.88. The molecule has 3 nitrogen and oxygen atoms in total. The largest absolute Gasteiger partial charge is 0.361 e. The maximum atomic E-state index is 5.90. The van der Waals surface area contributed by atoms with E-state index < -0.39 is 0 Å². The number of aromatic nitrogens is 1. The van der Waals surface area contributed by atoms with Crippen LogP contribution >= 0.6 is 15.9 Å². The number of rotatable bonds is 7. The normalized spacial score (nSPS) is 12.5. The molecule has 2 rings (SSSR count). The van der Waals surface area contributed by atoms with Gasteiger partial charge in [0, 0.05) is 34.7 Å². The third-order valence-electron chi connectivity index (χ3n) is 3.87. The highest BCUT2D eigenvalue weighted by atomic mass is 79.9. The lowest BCUT2D eigenvalue weighted by atomic mass is 9.93. The number of hydrogen-bond acceptors (Lipinski definition) is 2. The fraction of sp³-hybridized carbons (Fsp3) is 0.529. The van der Waals surface area contributed by atoms with Gasteiger partial charge in [-0.2, -0.15) is 0 Å². The molecule has 0 atom stereocenters. The average Bonchev–Trinajstić information content (AvgIpc) is 2.81. The summed E-state index contributed by atoms with van der Waals surface area (Å²) in [6, 6.07) is 6.39. The van der Waals surface area contributed by atoms with E-state index >= 15 is 0 Å². The number of fused-ring (bicyclic) bond motifs is 1. The molecular weight excluding hydrogens is 326 g/mol. The molecule has 2 aromatic rings. The molecule has 0 unspecified atom stereocenters. The van der Waals surface area contributed by atoms with E-state index in [1.807, 2.05) is 0 Å². The minimum atomic E-state index is 0.155. The van der Waals surface area contributed by atoms with Crippen molar-refractivity contribution in [1.82, 2.24) is 9.88 Å². The molecule has 1 aromatic heterocycles. The molecule has 0 aliphatic carbocycles. The molecule has 3 N–H and O–H groups in total. The Balaban J connectivity index is 2.20. The third kappa shape index (κ3) is 4.31. The highest BCUT2D eigenvalue weighted by Crippen LogP contribution is 2.25. The maximum absolute atomic E-state index is 5.90. The second kappa shape index (κ2) is 6.95. The van der Waals surface area contributed by atoms with Crippen molar-refractivity contribution in [3.8, 4) is 0 Å². The van der Waals surface area contributed by atoms with Crippen LogP contribution in [0.2, 0.25) is 0 Å². The lowest BCUT2D eigenvalue weighted by molar-refractivity contribution is 0.176. The highest BCUT2D eigenvalue weighted by Gasteiger charge is 2.20. The first-order valence-corrected chi connectivity index (χ1v) is 8.42. The topological polar surface area (TPSA) is 45.0 Å². The van der Waals surface area contributed by atoms with Crippen molar-refractivity contribution in [2.75, 3.05) is 19.6 Å². The molecule has 0 amide bonds. The predicted molar refractivity (Wildman–Crippen MR) is 94.4 cm³/mol. The molecule has 0 saturated heterocycles. The maximum Gasteiger partial charge on any atom is 0.0458 e. The molecule has 0 bridgehead atoms. The second-order valence-corrected chi connectivity index (χ2v) is 7.50. The van der Waals surface area contributed by atoms with Crippen molar-refractivity contribution in [2.24, 2.45) is 11.1 Å². The Hall–Kier alpha value is -0.840. The number of aromatic amines is 1. The monoisotopic (exact) mass is 351 g/mol. The van der Waals surface area contributed by atoms with Gasteiger partial charge in [-0.1, -0.05) is 36.7 Å². The number of H-pyrrole nitrogens is 1. The highest BCUT2D eigenvalue weighted by molar-refractivity contribution is 9.10. The fourth-order valence-corrected chi connectivity index (χ4v) is 3.08. The Morgan fingerprint density at radius 3 is 2.76 bits per heavy atom. The molecule has 0 spiro atoms. The molecule has 1 aromatic carbocycles. The van der Waals surface area contributed by atoms with Gasteiger partial charge in [-0.3, -0.25) is 4.90 Å². The van der Waals surface area contributed by atoms with Gasteiger partial charge in [-0.15, -0.1) is 0 Å². The third-order valence-corrected chi connectivity index (χ3v) is 4.36. The van der Waals surface area contributed by atoms with E-state index in [9.17, 15) is 0 Å². The van der Waals surface area contributed by atoms with E-state index in [-0.39, 0.29) is 5.41 Å². The lowest BCUT2D eigenvalue weighted by Crippen LogP contribution is -2.38. The molecule has 0 radical (unpaired) electrons. The number of benzene rings is 1. The number of hydrogen-bond donors (Lipinski definition) is 2. The van der Waals surface area contributed by atoms with E-state index in [4.69, 9.17) is 5.73 Å². The Labute approximate surface area is 136 Å². The zero-order valence-electron chi connectivity index (χ0n) is 13.2. The average molecular weight is 352 g/mol. The number of nitrogens with one attached hydrogen (secondary N) is 1. The zero-order chi connectivity index (χ0) is 15.5. The van der Waals surface area contributed by atoms with E-state index in [1.54, 1.807) is 0 Å². The van der Waals surface area contributed by atoms with Gasteiger partial charge in [0.1, 0.15) is 0 Å². The quantitative estimate of drug-likeness (QED) is 0.787. The van der Waals surface area contributed by atoms with Crippen LogP contribution in [0.4, 0.5) is 0 Å². The van der Waals surface area contributed by atoms with Crippen molar-refractivity contribution in [1.29, 1.82) is 0 Å². The summed E-state index contributed by atoms with van der Waals surface area (Å²) >= 11 is 3.56. The summed E-state index contributed by atoms with van der Waals surface area (Å²) in [5.41, 5.74) is 8.60. The predicted octanol–water partition coefficient (Wildman–Crippen LogP) is 4.13. The summed E-state index contributed by atoms with van der Waals surface area (Å²) in [6.45, 7) is 10.5. The summed E-state index contributed by atoms with van der Waals surface area (Å²) in [7, 11) is 0. The minimum absolute atomic E-state index is 0.155. The van der Waals surface area contributed by atoms with Gasteiger partial charge in [0.25, 0.3) is 0 Å². The van der Waals surface area contributed by atoms with Gasteiger partial charge >= 0.3 is 0 Å². The summed E-state index contributed by atoms with van der Waals surface area (Å²) in [5, 5.41) is 1.30. The van der Waals surface area contributed by atoms with Crippen LogP contribution in [-0.2, 0) is 6.54 Å². The molecule has 116 valence electrons. The first-order chi connectivity index (χ1) is 9.95. The van der Waals surface area contributed by atoms with E-state index in [2.05, 4.69) is 71.0 Å². The van der Waals surface area contributed by atoms with Crippen LogP contribution in [-0.4, -0.2) is 29.5 Å². The van der Waals surface area contributed by atoms with Crippen LogP contribution in [0.15, 0.2) is 28.9 Å². The van der Waals surface area contributed by atoms with Crippen LogP contribution < -0.4 is 5.73 Å². The summed E-state index contributed by atoms with van der Waals surface area (Å²) in [6.07, 6.45) is 3.29. The van der Waals surface area contributed by atoms with Crippen LogP contribution in [0, 0.1) is 5.41 Å². The van der Waals surface area contributed by atoms with Crippen molar-refractivity contribution < 1.29 is 0 Å². The SMILES string of the molecule is CCCN(Cc1c[nH]c2ccc(Br)cc12)CC(C)(C)CN. The van der Waals surface area contributed by atoms with Crippen molar-refractivity contribution in [3.63, 3.8) is 0 Å². The molecule has 1 heterocycles. The van der Waals surface area contributed by atoms with Gasteiger partial charge in [0.05, 0.1) is 0 Å². The molecule has 0 fully saturated rings. The second-order valence-electron chi connectivity index (χ2n) is 6.58. The molecule has 0 aliphatic rings. The van der Waals surface area contributed by atoms with Gasteiger partial charge < -0.3 is 10.7 Å². The first-order valence-electron chi connectivity index (χ1n) is 7.63. The first kappa shape index (κ1) is 16.5. The Bertz CT molecular complexity index is 589. The van der Waals surface area contributed by atoms with E-state index in [1.165, 1.54) is 16.5 Å². The Kier molecular flexibility index (Phi) is 5.47. The number of nitrogens with zero attached hydrogens (tertiary/aromatic N) is 1. The number of nitrogens with two attached hydrogens (primary N) is 1. The Morgan fingerprint density at radius 2 is 2.10 bits per heavy atom. The van der Waals surface area contributed by atoms with E-state index in [0.717, 1.165) is 30.5 Å². The summed E-state index contributed by atoms with van der Waals surface area (Å²) in [5.74, 6) is 0. The minimum Gasteiger partial charge on any atom is -0.361 e. The van der Waals surface area contributed by atoms with Crippen molar-refractivity contribution in [2.45, 2.75) is 33.7 Å². The smallest absolute Gasteiger partial charge is 0.0458 e. The van der Waals surface area contributed by atoms with E-state index in [0.29, 0.717) is 6.54 Å². The molecule has 0 aliphatic heterocycles. The molecular formula is C17H26BrN3. The summed E-state index contributed by atoms with van der Waals surface area (Å²) < 4.78 is 1.13. The van der Waals surface area contributed by atoms with Crippen LogP contribution in [0.25, 0.3) is 10.9 Å². The lowest BCUT2D eigenvalue weighted by Gasteiger charge is -2.31. The van der Waals surface area contributed by atoms with Crippen LogP contribution in [0.3, 0.4) is 0 Å². The van der Waals surface area contributed by atoms with Gasteiger partial charge in [-0.05, 0) is 48.7 Å². The standard InChI is InChI=1S/C17H26BrN3/c1-4-7-21(12-17(2,3)11-19)10-13-9-20-16-6-5-14(18)8-15(13)16/h5-6,8-9,20H,4,7,10-12,19H2,1-3H3. The van der Waals surface area contributed by atoms with Gasteiger partial charge in [0.15, 0.2) is 0 Å². The molecule has 4 heteroatoms.